The average Bonchev–Trinajstić information content (AvgIpc) is 2.16. The van der Waals surface area contributed by atoms with Crippen molar-refractivity contribution >= 4 is 15.9 Å². The fourth-order valence-electron chi connectivity index (χ4n) is 1.56. The van der Waals surface area contributed by atoms with Crippen molar-refractivity contribution in [2.24, 2.45) is 11.7 Å². The van der Waals surface area contributed by atoms with E-state index in [0.29, 0.717) is 5.92 Å². The minimum absolute atomic E-state index is 0.104. The highest BCUT2D eigenvalue weighted by atomic mass is 79.9. The van der Waals surface area contributed by atoms with Gasteiger partial charge in [-0.15, -0.1) is 0 Å². The Labute approximate surface area is 99.9 Å². The molecular weight excluding hydrogens is 254 g/mol. The number of benzene rings is 1. The molecule has 0 aliphatic heterocycles. The molecule has 0 unspecified atom stereocenters. The quantitative estimate of drug-likeness (QED) is 0.910. The van der Waals surface area contributed by atoms with Gasteiger partial charge in [0, 0.05) is 6.04 Å². The van der Waals surface area contributed by atoms with Crippen LogP contribution in [0, 0.1) is 5.92 Å². The maximum Gasteiger partial charge on any atom is 0.133 e. The van der Waals surface area contributed by atoms with Gasteiger partial charge in [0.15, 0.2) is 0 Å². The summed E-state index contributed by atoms with van der Waals surface area (Å²) in [6.07, 6.45) is 0.999. The van der Waals surface area contributed by atoms with Gasteiger partial charge in [-0.1, -0.05) is 19.9 Å². The van der Waals surface area contributed by atoms with Gasteiger partial charge in [0.25, 0.3) is 0 Å². The number of rotatable bonds is 4. The molecule has 1 aromatic carbocycles. The molecule has 0 saturated heterocycles. The average molecular weight is 272 g/mol. The lowest BCUT2D eigenvalue weighted by molar-refractivity contribution is 0.411. The Morgan fingerprint density at radius 2 is 2.07 bits per heavy atom. The van der Waals surface area contributed by atoms with Crippen molar-refractivity contribution in [3.8, 4) is 5.75 Å². The molecule has 2 N–H and O–H groups in total. The highest BCUT2D eigenvalue weighted by Gasteiger charge is 2.10. The molecule has 0 fully saturated rings. The van der Waals surface area contributed by atoms with Crippen molar-refractivity contribution < 1.29 is 4.74 Å². The highest BCUT2D eigenvalue weighted by Crippen LogP contribution is 2.29. The summed E-state index contributed by atoms with van der Waals surface area (Å²) in [6, 6.07) is 6.11. The fourth-order valence-corrected chi connectivity index (χ4v) is 2.12. The third-order valence-electron chi connectivity index (χ3n) is 2.33. The predicted molar refractivity (Wildman–Crippen MR) is 67.1 cm³/mol. The Morgan fingerprint density at radius 1 is 1.40 bits per heavy atom. The molecule has 0 aliphatic rings. The maximum atomic E-state index is 6.09. The van der Waals surface area contributed by atoms with Gasteiger partial charge in [-0.05, 0) is 46.0 Å². The van der Waals surface area contributed by atoms with Crippen molar-refractivity contribution in [1.29, 1.82) is 0 Å². The van der Waals surface area contributed by atoms with Crippen LogP contribution in [0.25, 0.3) is 0 Å². The highest BCUT2D eigenvalue weighted by molar-refractivity contribution is 9.10. The molecule has 0 amide bonds. The van der Waals surface area contributed by atoms with E-state index in [1.54, 1.807) is 7.11 Å². The van der Waals surface area contributed by atoms with E-state index in [9.17, 15) is 0 Å². The Kier molecular flexibility index (Phi) is 4.61. The van der Waals surface area contributed by atoms with Crippen molar-refractivity contribution in [2.45, 2.75) is 26.3 Å². The maximum absolute atomic E-state index is 6.09. The van der Waals surface area contributed by atoms with Gasteiger partial charge >= 0.3 is 0 Å². The second kappa shape index (κ2) is 5.52. The van der Waals surface area contributed by atoms with E-state index >= 15 is 0 Å². The zero-order valence-electron chi connectivity index (χ0n) is 9.46. The summed E-state index contributed by atoms with van der Waals surface area (Å²) in [7, 11) is 1.66. The number of hydrogen-bond donors (Lipinski definition) is 1. The molecule has 0 spiro atoms. The van der Waals surface area contributed by atoms with Crippen LogP contribution in [0.15, 0.2) is 22.7 Å². The van der Waals surface area contributed by atoms with Crippen molar-refractivity contribution in [3.63, 3.8) is 0 Å². The molecule has 0 aromatic heterocycles. The van der Waals surface area contributed by atoms with Gasteiger partial charge in [0.05, 0.1) is 11.6 Å². The molecule has 0 aliphatic carbocycles. The molecule has 1 atom stereocenters. The van der Waals surface area contributed by atoms with E-state index in [1.807, 2.05) is 18.2 Å². The smallest absolute Gasteiger partial charge is 0.133 e. The first-order chi connectivity index (χ1) is 7.04. The second-order valence-electron chi connectivity index (χ2n) is 4.13. The van der Waals surface area contributed by atoms with Crippen molar-refractivity contribution in [1.82, 2.24) is 0 Å². The summed E-state index contributed by atoms with van der Waals surface area (Å²) in [5, 5.41) is 0. The Bertz CT molecular complexity index is 325. The molecule has 1 aromatic rings. The van der Waals surface area contributed by atoms with Crippen LogP contribution in [0.2, 0.25) is 0 Å². The van der Waals surface area contributed by atoms with Crippen LogP contribution in [-0.4, -0.2) is 7.11 Å². The third kappa shape index (κ3) is 3.50. The lowest BCUT2D eigenvalue weighted by Crippen LogP contribution is -2.12. The molecule has 0 bridgehead atoms. The lowest BCUT2D eigenvalue weighted by Gasteiger charge is -2.15. The van der Waals surface area contributed by atoms with E-state index in [0.717, 1.165) is 22.2 Å². The normalized spacial score (nSPS) is 12.9. The van der Waals surface area contributed by atoms with Crippen LogP contribution in [0.3, 0.4) is 0 Å². The number of ether oxygens (including phenoxy) is 1. The standard InChI is InChI=1S/C12H18BrNO/c1-8(2)6-11(14)9-4-5-12(15-3)10(13)7-9/h4-5,7-8,11H,6,14H2,1-3H3/t11-/m1/s1. The zero-order chi connectivity index (χ0) is 11.4. The second-order valence-corrected chi connectivity index (χ2v) is 4.98. The van der Waals surface area contributed by atoms with Gasteiger partial charge in [0.2, 0.25) is 0 Å². The third-order valence-corrected chi connectivity index (χ3v) is 2.95. The monoisotopic (exact) mass is 271 g/mol. The largest absolute Gasteiger partial charge is 0.496 e. The summed E-state index contributed by atoms with van der Waals surface area (Å²) in [5.74, 6) is 1.45. The first-order valence-electron chi connectivity index (χ1n) is 5.13. The summed E-state index contributed by atoms with van der Waals surface area (Å²) in [6.45, 7) is 4.36. The van der Waals surface area contributed by atoms with Gasteiger partial charge in [-0.3, -0.25) is 0 Å². The van der Waals surface area contributed by atoms with Crippen molar-refractivity contribution in [2.75, 3.05) is 7.11 Å². The summed E-state index contributed by atoms with van der Waals surface area (Å²) >= 11 is 3.46. The molecule has 1 rings (SSSR count). The minimum Gasteiger partial charge on any atom is -0.496 e. The number of nitrogens with two attached hydrogens (primary N) is 1. The van der Waals surface area contributed by atoms with Gasteiger partial charge in [0.1, 0.15) is 5.75 Å². The topological polar surface area (TPSA) is 35.2 Å². The molecular formula is C12H18BrNO. The van der Waals surface area contributed by atoms with E-state index in [2.05, 4.69) is 29.8 Å². The Hall–Kier alpha value is -0.540. The van der Waals surface area contributed by atoms with Crippen LogP contribution in [0.5, 0.6) is 5.75 Å². The Morgan fingerprint density at radius 3 is 2.53 bits per heavy atom. The summed E-state index contributed by atoms with van der Waals surface area (Å²) in [5.41, 5.74) is 7.24. The van der Waals surface area contributed by atoms with Crippen LogP contribution in [0.4, 0.5) is 0 Å². The molecule has 84 valence electrons. The van der Waals surface area contributed by atoms with Crippen LogP contribution >= 0.6 is 15.9 Å². The number of halogens is 1. The van der Waals surface area contributed by atoms with E-state index in [4.69, 9.17) is 10.5 Å². The SMILES string of the molecule is COc1ccc([C@H](N)CC(C)C)cc1Br. The van der Waals surface area contributed by atoms with E-state index < -0.39 is 0 Å². The molecule has 3 heteroatoms. The fraction of sp³-hybridized carbons (Fsp3) is 0.500. The molecule has 2 nitrogen and oxygen atoms in total. The van der Waals surface area contributed by atoms with Gasteiger partial charge in [-0.25, -0.2) is 0 Å². The van der Waals surface area contributed by atoms with Gasteiger partial charge < -0.3 is 10.5 Å². The molecule has 15 heavy (non-hydrogen) atoms. The minimum atomic E-state index is 0.104. The first-order valence-corrected chi connectivity index (χ1v) is 5.93. The summed E-state index contributed by atoms with van der Waals surface area (Å²) in [4.78, 5) is 0. The number of methoxy groups -OCH3 is 1. The molecule has 0 radical (unpaired) electrons. The summed E-state index contributed by atoms with van der Waals surface area (Å²) < 4.78 is 6.13. The van der Waals surface area contributed by atoms with E-state index in [-0.39, 0.29) is 6.04 Å². The van der Waals surface area contributed by atoms with Gasteiger partial charge in [-0.2, -0.15) is 0 Å². The predicted octanol–water partition coefficient (Wildman–Crippen LogP) is 3.50. The van der Waals surface area contributed by atoms with Crippen LogP contribution in [-0.2, 0) is 0 Å². The lowest BCUT2D eigenvalue weighted by atomic mass is 9.98. The van der Waals surface area contributed by atoms with E-state index in [1.165, 1.54) is 0 Å². The zero-order valence-corrected chi connectivity index (χ0v) is 11.0. The number of hydrogen-bond acceptors (Lipinski definition) is 2. The first kappa shape index (κ1) is 12.5. The molecule has 0 saturated carbocycles. The van der Waals surface area contributed by atoms with Crippen molar-refractivity contribution in [3.05, 3.63) is 28.2 Å². The molecule has 0 heterocycles. The van der Waals surface area contributed by atoms with Crippen LogP contribution in [0.1, 0.15) is 31.9 Å². The van der Waals surface area contributed by atoms with Crippen LogP contribution < -0.4 is 10.5 Å². The Balaban J connectivity index is 2.82.